The van der Waals surface area contributed by atoms with E-state index in [1.807, 2.05) is 6.07 Å². The lowest BCUT2D eigenvalue weighted by Gasteiger charge is -2.10. The Kier molecular flexibility index (Phi) is 13.8. The molecule has 27 heavy (non-hydrogen) atoms. The first-order chi connectivity index (χ1) is 13.1. The molecule has 0 aliphatic heterocycles. The highest BCUT2D eigenvalue weighted by Crippen LogP contribution is 2.18. The van der Waals surface area contributed by atoms with Gasteiger partial charge in [0.2, 0.25) is 0 Å². The van der Waals surface area contributed by atoms with Crippen molar-refractivity contribution in [2.24, 2.45) is 0 Å². The van der Waals surface area contributed by atoms with Crippen LogP contribution < -0.4 is 11.5 Å². The summed E-state index contributed by atoms with van der Waals surface area (Å²) < 4.78 is 5.67. The van der Waals surface area contributed by atoms with Gasteiger partial charge >= 0.3 is 0 Å². The van der Waals surface area contributed by atoms with Crippen LogP contribution in [0.5, 0.6) is 0 Å². The van der Waals surface area contributed by atoms with Crippen LogP contribution >= 0.6 is 12.2 Å². The zero-order valence-electron chi connectivity index (χ0n) is 17.3. The quantitative estimate of drug-likeness (QED) is 0.180. The predicted octanol–water partition coefficient (Wildman–Crippen LogP) is 7.02. The third-order valence-corrected chi connectivity index (χ3v) is 5.36. The van der Waals surface area contributed by atoms with E-state index in [1.165, 1.54) is 83.5 Å². The Balaban J connectivity index is 1.88. The molecule has 3 nitrogen and oxygen atoms in total. The maximum Gasteiger partial charge on any atom is 0.193 e. The fourth-order valence-electron chi connectivity index (χ4n) is 3.31. The summed E-state index contributed by atoms with van der Waals surface area (Å²) in [6.45, 7) is 2.94. The number of rotatable bonds is 16. The van der Waals surface area contributed by atoms with Gasteiger partial charge in [0.1, 0.15) is 0 Å². The lowest BCUT2D eigenvalue weighted by molar-refractivity contribution is 0.300. The first kappa shape index (κ1) is 23.7. The highest BCUT2D eigenvalue weighted by molar-refractivity contribution is 7.80. The monoisotopic (exact) mass is 392 g/mol. The lowest BCUT2D eigenvalue weighted by atomic mass is 10.0. The van der Waals surface area contributed by atoms with E-state index in [4.69, 9.17) is 28.4 Å². The Hall–Kier alpha value is -1.29. The summed E-state index contributed by atoms with van der Waals surface area (Å²) in [5.41, 5.74) is 13.6. The number of hydrogen-bond donors (Lipinski definition) is 2. The number of nitrogen functional groups attached to an aromatic ring is 2. The van der Waals surface area contributed by atoms with E-state index in [0.29, 0.717) is 23.0 Å². The van der Waals surface area contributed by atoms with Gasteiger partial charge < -0.3 is 16.2 Å². The van der Waals surface area contributed by atoms with Crippen molar-refractivity contribution in [3.63, 3.8) is 0 Å². The molecule has 0 bridgehead atoms. The van der Waals surface area contributed by atoms with Gasteiger partial charge in [0.15, 0.2) is 5.05 Å². The summed E-state index contributed by atoms with van der Waals surface area (Å²) in [6, 6.07) is 5.35. The van der Waals surface area contributed by atoms with Crippen molar-refractivity contribution in [2.45, 2.75) is 96.8 Å². The lowest BCUT2D eigenvalue weighted by Crippen LogP contribution is -2.08. The van der Waals surface area contributed by atoms with E-state index >= 15 is 0 Å². The SMILES string of the molecule is CCCCCCCCCCCCCCCCOC(=S)c1ccc(N)cc1N. The predicted molar refractivity (Wildman–Crippen MR) is 123 cm³/mol. The topological polar surface area (TPSA) is 61.3 Å². The van der Waals surface area contributed by atoms with Crippen molar-refractivity contribution in [1.82, 2.24) is 0 Å². The number of nitrogens with two attached hydrogens (primary N) is 2. The molecule has 4 heteroatoms. The van der Waals surface area contributed by atoms with Gasteiger partial charge in [-0.15, -0.1) is 0 Å². The molecule has 0 fully saturated rings. The van der Waals surface area contributed by atoms with E-state index in [1.54, 1.807) is 12.1 Å². The number of thiocarbonyl (C=S) groups is 1. The number of ether oxygens (including phenoxy) is 1. The van der Waals surface area contributed by atoms with Crippen molar-refractivity contribution >= 4 is 28.6 Å². The van der Waals surface area contributed by atoms with Gasteiger partial charge in [-0.25, -0.2) is 0 Å². The molecule has 0 aliphatic rings. The van der Waals surface area contributed by atoms with Crippen molar-refractivity contribution in [2.75, 3.05) is 18.1 Å². The van der Waals surface area contributed by atoms with E-state index in [-0.39, 0.29) is 0 Å². The summed E-state index contributed by atoms with van der Waals surface area (Å²) in [7, 11) is 0. The minimum Gasteiger partial charge on any atom is -0.483 e. The molecule has 1 rings (SSSR count). The molecule has 0 amide bonds. The number of benzene rings is 1. The largest absolute Gasteiger partial charge is 0.483 e. The molecule has 0 heterocycles. The van der Waals surface area contributed by atoms with Crippen LogP contribution in [0.3, 0.4) is 0 Å². The van der Waals surface area contributed by atoms with Gasteiger partial charge in [0, 0.05) is 11.4 Å². The first-order valence-electron chi connectivity index (χ1n) is 11.0. The van der Waals surface area contributed by atoms with Crippen LogP contribution in [-0.2, 0) is 4.74 Å². The van der Waals surface area contributed by atoms with E-state index < -0.39 is 0 Å². The molecule has 0 saturated heterocycles. The van der Waals surface area contributed by atoms with E-state index in [9.17, 15) is 0 Å². The van der Waals surface area contributed by atoms with Crippen LogP contribution in [0, 0.1) is 0 Å². The second-order valence-corrected chi connectivity index (χ2v) is 7.95. The molecule has 154 valence electrons. The average molecular weight is 393 g/mol. The van der Waals surface area contributed by atoms with Gasteiger partial charge in [-0.05, 0) is 36.8 Å². The third-order valence-electron chi connectivity index (χ3n) is 5.03. The molecular weight excluding hydrogens is 352 g/mol. The Morgan fingerprint density at radius 1 is 0.778 bits per heavy atom. The maximum absolute atomic E-state index is 5.93. The molecule has 0 aliphatic carbocycles. The Morgan fingerprint density at radius 2 is 1.26 bits per heavy atom. The van der Waals surface area contributed by atoms with E-state index in [0.717, 1.165) is 12.0 Å². The second-order valence-electron chi connectivity index (χ2n) is 7.58. The van der Waals surface area contributed by atoms with Crippen molar-refractivity contribution < 1.29 is 4.74 Å². The molecule has 1 aromatic carbocycles. The third kappa shape index (κ3) is 11.9. The first-order valence-corrected chi connectivity index (χ1v) is 11.4. The maximum atomic E-state index is 5.93. The van der Waals surface area contributed by atoms with E-state index in [2.05, 4.69) is 6.92 Å². The van der Waals surface area contributed by atoms with Gasteiger partial charge in [0.05, 0.1) is 12.2 Å². The summed E-state index contributed by atoms with van der Waals surface area (Å²) >= 11 is 5.31. The van der Waals surface area contributed by atoms with Crippen LogP contribution in [0.4, 0.5) is 11.4 Å². The molecule has 4 N–H and O–H groups in total. The molecule has 0 radical (unpaired) electrons. The Bertz CT molecular complexity index is 519. The Labute approximate surface area is 172 Å². The highest BCUT2D eigenvalue weighted by Gasteiger charge is 2.07. The standard InChI is InChI=1S/C23H40N2OS/c1-2-3-4-5-6-7-8-9-10-11-12-13-14-15-18-26-23(27)21-17-16-20(24)19-22(21)25/h16-17,19H,2-15,18,24-25H2,1H3. The summed E-state index contributed by atoms with van der Waals surface area (Å²) in [5, 5.41) is 0.474. The molecule has 0 aromatic heterocycles. The fraction of sp³-hybridized carbons (Fsp3) is 0.696. The van der Waals surface area contributed by atoms with Crippen molar-refractivity contribution in [3.05, 3.63) is 23.8 Å². The summed E-state index contributed by atoms with van der Waals surface area (Å²) in [4.78, 5) is 0. The van der Waals surface area contributed by atoms with Crippen LogP contribution in [0.15, 0.2) is 18.2 Å². The van der Waals surface area contributed by atoms with Crippen LogP contribution in [0.2, 0.25) is 0 Å². The van der Waals surface area contributed by atoms with Gasteiger partial charge in [-0.2, -0.15) is 0 Å². The van der Waals surface area contributed by atoms with Gasteiger partial charge in [-0.3, -0.25) is 0 Å². The highest BCUT2D eigenvalue weighted by atomic mass is 32.1. The van der Waals surface area contributed by atoms with Crippen molar-refractivity contribution in [3.8, 4) is 0 Å². The average Bonchev–Trinajstić information content (AvgIpc) is 2.64. The zero-order valence-corrected chi connectivity index (χ0v) is 18.1. The summed E-state index contributed by atoms with van der Waals surface area (Å²) in [6.07, 6.45) is 19.0. The Morgan fingerprint density at radius 3 is 1.74 bits per heavy atom. The van der Waals surface area contributed by atoms with Crippen LogP contribution in [-0.4, -0.2) is 11.7 Å². The van der Waals surface area contributed by atoms with Gasteiger partial charge in [0.25, 0.3) is 0 Å². The molecule has 1 aromatic rings. The van der Waals surface area contributed by atoms with Crippen LogP contribution in [0.25, 0.3) is 0 Å². The molecule has 0 atom stereocenters. The van der Waals surface area contributed by atoms with Gasteiger partial charge in [-0.1, -0.05) is 90.4 Å². The number of anilines is 2. The minimum atomic E-state index is 0.474. The molecule has 0 unspecified atom stereocenters. The normalized spacial score (nSPS) is 10.9. The summed E-state index contributed by atoms with van der Waals surface area (Å²) in [5.74, 6) is 0. The molecule has 0 spiro atoms. The number of unbranched alkanes of at least 4 members (excludes halogenated alkanes) is 13. The van der Waals surface area contributed by atoms with Crippen LogP contribution in [0.1, 0.15) is 102 Å². The molecular formula is C23H40N2OS. The minimum absolute atomic E-state index is 0.474. The fourth-order valence-corrected chi connectivity index (χ4v) is 3.58. The van der Waals surface area contributed by atoms with Crippen molar-refractivity contribution in [1.29, 1.82) is 0 Å². The second kappa shape index (κ2) is 15.7. The zero-order chi connectivity index (χ0) is 19.7. The molecule has 0 saturated carbocycles. The smallest absolute Gasteiger partial charge is 0.193 e. The number of hydrogen-bond acceptors (Lipinski definition) is 4.